The van der Waals surface area contributed by atoms with E-state index in [-0.39, 0.29) is 27.4 Å². The van der Waals surface area contributed by atoms with Crippen LogP contribution in [0.1, 0.15) is 155 Å². The monoisotopic (exact) mass is 805 g/mol. The summed E-state index contributed by atoms with van der Waals surface area (Å²) in [6, 6.07) is 21.9. The molecule has 3 heterocycles. The van der Waals surface area contributed by atoms with E-state index < -0.39 is 11.6 Å². The minimum absolute atomic E-state index is 0.0581. The zero-order valence-electron chi connectivity index (χ0n) is 35.7. The Morgan fingerprint density at radius 2 is 1.14 bits per heavy atom. The summed E-state index contributed by atoms with van der Waals surface area (Å²) in [5.41, 5.74) is 8.98. The van der Waals surface area contributed by atoms with Gasteiger partial charge in [-0.25, -0.2) is 8.78 Å². The van der Waals surface area contributed by atoms with Gasteiger partial charge >= 0.3 is 0 Å². The Balaban J connectivity index is 1.29. The van der Waals surface area contributed by atoms with E-state index in [1.807, 2.05) is 18.2 Å². The van der Waals surface area contributed by atoms with E-state index in [4.69, 9.17) is 10.2 Å². The van der Waals surface area contributed by atoms with Crippen molar-refractivity contribution in [2.45, 2.75) is 156 Å². The molecule has 0 spiro atoms. The lowest BCUT2D eigenvalue weighted by molar-refractivity contribution is 0.485. The van der Waals surface area contributed by atoms with Gasteiger partial charge in [0.15, 0.2) is 11.6 Å². The van der Waals surface area contributed by atoms with Gasteiger partial charge in [0.2, 0.25) is 0 Å². The van der Waals surface area contributed by atoms with E-state index in [9.17, 15) is 0 Å². The second-order valence-electron chi connectivity index (χ2n) is 18.6. The molecule has 0 aliphatic heterocycles. The predicted octanol–water partition coefficient (Wildman–Crippen LogP) is 16.0. The summed E-state index contributed by atoms with van der Waals surface area (Å²) in [6.45, 7) is 20.8. The van der Waals surface area contributed by atoms with Crippen LogP contribution in [0.5, 0.6) is 0 Å². The van der Waals surface area contributed by atoms with Gasteiger partial charge < -0.3 is 0 Å². The number of thiophene rings is 2. The van der Waals surface area contributed by atoms with Crippen LogP contribution < -0.4 is 0 Å². The van der Waals surface area contributed by atoms with Crippen molar-refractivity contribution in [1.29, 1.82) is 0 Å². The van der Waals surface area contributed by atoms with Gasteiger partial charge in [0, 0.05) is 24.9 Å². The highest BCUT2D eigenvalue weighted by molar-refractivity contribution is 7.19. The van der Waals surface area contributed by atoms with Gasteiger partial charge in [0.1, 0.15) is 11.0 Å². The molecule has 0 radical (unpaired) electrons. The van der Waals surface area contributed by atoms with Crippen LogP contribution in [-0.4, -0.2) is 15.0 Å². The van der Waals surface area contributed by atoms with Crippen molar-refractivity contribution < 1.29 is 8.78 Å². The fourth-order valence-electron chi connectivity index (χ4n) is 8.61. The van der Waals surface area contributed by atoms with E-state index in [0.29, 0.717) is 27.3 Å². The molecule has 0 saturated carbocycles. The zero-order valence-corrected chi connectivity index (χ0v) is 37.3. The summed E-state index contributed by atoms with van der Waals surface area (Å²) in [6.07, 6.45) is 12.8. The Hall–Kier alpha value is -3.68. The van der Waals surface area contributed by atoms with Crippen molar-refractivity contribution in [3.8, 4) is 42.4 Å². The molecular formula is C50H61F2N3S2. The third-order valence-electron chi connectivity index (χ3n) is 12.1. The molecule has 6 aromatic rings. The molecule has 7 heteroatoms. The van der Waals surface area contributed by atoms with E-state index in [1.165, 1.54) is 102 Å². The Morgan fingerprint density at radius 3 is 1.75 bits per heavy atom. The predicted molar refractivity (Wildman–Crippen MR) is 241 cm³/mol. The van der Waals surface area contributed by atoms with E-state index in [2.05, 4.69) is 105 Å². The van der Waals surface area contributed by atoms with Crippen LogP contribution in [0.3, 0.4) is 0 Å². The van der Waals surface area contributed by atoms with Gasteiger partial charge in [-0.1, -0.05) is 150 Å². The van der Waals surface area contributed by atoms with Crippen molar-refractivity contribution >= 4 is 33.7 Å². The lowest BCUT2D eigenvalue weighted by Crippen LogP contribution is -2.22. The zero-order chi connectivity index (χ0) is 40.7. The van der Waals surface area contributed by atoms with Crippen LogP contribution in [0, 0.1) is 11.6 Å². The van der Waals surface area contributed by atoms with Crippen LogP contribution in [0.15, 0.2) is 60.7 Å². The average Bonchev–Trinajstić information content (AvgIpc) is 3.98. The standard InChI is InChI=1S/C50H61F2N3S2/c1-10-12-14-16-17-19-29-55-53-46-42(44(51)45(52)43(47(46)54-55)40-26-27-41(57-40)49(6,7)8)39-25-24-38(56-39)32-20-22-34-35-23-21-33(48(3,4)5)31-37(35)50(9,36(34)30-32)28-18-15-13-11-2/h20-27,30-31H,10-19,28-29H2,1-9H3. The number of fused-ring (bicyclic) bond motifs is 4. The highest BCUT2D eigenvalue weighted by Crippen LogP contribution is 2.54. The quantitative estimate of drug-likeness (QED) is 0.0968. The summed E-state index contributed by atoms with van der Waals surface area (Å²) >= 11 is 3.01. The maximum absolute atomic E-state index is 16.7. The Morgan fingerprint density at radius 1 is 0.596 bits per heavy atom. The Bertz CT molecular complexity index is 2370. The van der Waals surface area contributed by atoms with Crippen LogP contribution in [0.25, 0.3) is 53.5 Å². The highest BCUT2D eigenvalue weighted by Gasteiger charge is 2.40. The summed E-state index contributed by atoms with van der Waals surface area (Å²) in [4.78, 5) is 5.15. The molecule has 1 atom stereocenters. The second kappa shape index (κ2) is 16.5. The van der Waals surface area contributed by atoms with Gasteiger partial charge in [0.05, 0.1) is 17.7 Å². The first-order valence-electron chi connectivity index (χ1n) is 21.4. The maximum Gasteiger partial charge on any atom is 0.170 e. The molecule has 3 nitrogen and oxygen atoms in total. The number of hydrogen-bond acceptors (Lipinski definition) is 4. The Labute approximate surface area is 348 Å². The van der Waals surface area contributed by atoms with Crippen molar-refractivity contribution in [3.63, 3.8) is 0 Å². The molecule has 7 rings (SSSR count). The molecule has 0 N–H and O–H groups in total. The van der Waals surface area contributed by atoms with Crippen molar-refractivity contribution in [3.05, 3.63) is 93.9 Å². The third kappa shape index (κ3) is 8.17. The van der Waals surface area contributed by atoms with Crippen LogP contribution in [0.2, 0.25) is 0 Å². The van der Waals surface area contributed by atoms with Crippen LogP contribution >= 0.6 is 22.7 Å². The molecular weight excluding hydrogens is 745 g/mol. The topological polar surface area (TPSA) is 30.7 Å². The number of benzene rings is 3. The number of unbranched alkanes of at least 4 members (excludes halogenated alkanes) is 8. The summed E-state index contributed by atoms with van der Waals surface area (Å²) in [5, 5.41) is 9.80. The van der Waals surface area contributed by atoms with Gasteiger partial charge in [-0.05, 0) is 87.4 Å². The summed E-state index contributed by atoms with van der Waals surface area (Å²) in [7, 11) is 0. The number of halogens is 2. The number of nitrogens with zero attached hydrogens (tertiary/aromatic N) is 3. The lowest BCUT2D eigenvalue weighted by Gasteiger charge is -2.29. The molecule has 0 fully saturated rings. The molecule has 1 aliphatic carbocycles. The molecule has 0 saturated heterocycles. The largest absolute Gasteiger partial charge is 0.203 e. The normalized spacial score (nSPS) is 15.5. The summed E-state index contributed by atoms with van der Waals surface area (Å²) in [5.74, 6) is -1.72. The maximum atomic E-state index is 16.7. The van der Waals surface area contributed by atoms with E-state index in [0.717, 1.165) is 34.6 Å². The first-order chi connectivity index (χ1) is 27.2. The fourth-order valence-corrected chi connectivity index (χ4v) is 10.8. The minimum atomic E-state index is -0.859. The number of aromatic nitrogens is 3. The number of rotatable bonds is 15. The van der Waals surface area contributed by atoms with E-state index >= 15 is 8.78 Å². The SMILES string of the molecule is CCCCCCCCn1nc2c(-c3ccc(-c4ccc5c(c4)C(C)(CCCCCC)c4cc(C(C)(C)C)ccc4-5)s3)c(F)c(F)c(-c3ccc(C(C)(C)C)s3)c2n1. The smallest absolute Gasteiger partial charge is 0.170 e. The molecule has 3 aromatic heterocycles. The number of aryl methyl sites for hydroxylation is 1. The molecule has 1 unspecified atom stereocenters. The minimum Gasteiger partial charge on any atom is -0.203 e. The first-order valence-corrected chi connectivity index (χ1v) is 23.1. The lowest BCUT2D eigenvalue weighted by atomic mass is 9.74. The first kappa shape index (κ1) is 41.5. The number of hydrogen-bond donors (Lipinski definition) is 0. The molecule has 3 aromatic carbocycles. The molecule has 302 valence electrons. The fraction of sp³-hybridized carbons (Fsp3) is 0.480. The molecule has 0 bridgehead atoms. The molecule has 1 aliphatic rings. The Kier molecular flexibility index (Phi) is 12.0. The van der Waals surface area contributed by atoms with Crippen LogP contribution in [0.4, 0.5) is 8.78 Å². The van der Waals surface area contributed by atoms with E-state index in [1.54, 1.807) is 4.80 Å². The molecule has 57 heavy (non-hydrogen) atoms. The van der Waals surface area contributed by atoms with Gasteiger partial charge in [0.25, 0.3) is 0 Å². The second-order valence-corrected chi connectivity index (χ2v) is 20.8. The third-order valence-corrected chi connectivity index (χ3v) is 14.8. The van der Waals surface area contributed by atoms with Gasteiger partial charge in [-0.2, -0.15) is 15.0 Å². The molecule has 0 amide bonds. The van der Waals surface area contributed by atoms with Crippen molar-refractivity contribution in [2.24, 2.45) is 0 Å². The highest BCUT2D eigenvalue weighted by atomic mass is 32.1. The van der Waals surface area contributed by atoms with Crippen LogP contribution in [-0.2, 0) is 22.8 Å². The average molecular weight is 806 g/mol. The van der Waals surface area contributed by atoms with Gasteiger partial charge in [-0.15, -0.1) is 22.7 Å². The van der Waals surface area contributed by atoms with Crippen molar-refractivity contribution in [2.75, 3.05) is 0 Å². The summed E-state index contributed by atoms with van der Waals surface area (Å²) < 4.78 is 33.3. The van der Waals surface area contributed by atoms with Crippen molar-refractivity contribution in [1.82, 2.24) is 15.0 Å². The van der Waals surface area contributed by atoms with Gasteiger partial charge in [-0.3, -0.25) is 0 Å².